The van der Waals surface area contributed by atoms with Gasteiger partial charge in [0.1, 0.15) is 5.75 Å². The number of aryl methyl sites for hydroxylation is 1. The van der Waals surface area contributed by atoms with Gasteiger partial charge in [0, 0.05) is 23.5 Å². The number of rotatable bonds is 4. The van der Waals surface area contributed by atoms with Gasteiger partial charge in [-0.15, -0.1) is 0 Å². The average molecular weight is 425 g/mol. The summed E-state index contributed by atoms with van der Waals surface area (Å²) in [6, 6.07) is 10.3. The molecule has 2 aromatic heterocycles. The number of aromatic nitrogens is 4. The summed E-state index contributed by atoms with van der Waals surface area (Å²) < 4.78 is 46.2. The molecule has 0 amide bonds. The zero-order valence-electron chi connectivity index (χ0n) is 16.7. The third-order valence-corrected chi connectivity index (χ3v) is 4.77. The Morgan fingerprint density at radius 2 is 1.71 bits per heavy atom. The summed E-state index contributed by atoms with van der Waals surface area (Å²) in [5, 5.41) is 0. The second-order valence-electron chi connectivity index (χ2n) is 6.87. The summed E-state index contributed by atoms with van der Waals surface area (Å²) in [6.45, 7) is 1.89. The van der Waals surface area contributed by atoms with Crippen LogP contribution in [0.15, 0.2) is 61.2 Å². The fraction of sp³-hybridized carbons (Fsp3) is 0.136. The third kappa shape index (κ3) is 4.07. The smallest absolute Gasteiger partial charge is 0.416 e. The largest absolute Gasteiger partial charge is 0.495 e. The third-order valence-electron chi connectivity index (χ3n) is 4.77. The van der Waals surface area contributed by atoms with E-state index in [1.807, 2.05) is 35.9 Å². The first-order valence-electron chi connectivity index (χ1n) is 9.26. The number of nitrogen functional groups attached to an aromatic ring is 1. The van der Waals surface area contributed by atoms with E-state index >= 15 is 0 Å². The van der Waals surface area contributed by atoms with Crippen molar-refractivity contribution in [3.8, 4) is 33.8 Å². The topological polar surface area (TPSA) is 78.9 Å². The standard InChI is InChI=1S/C22H18F3N5O/c1-13-11-30(12-28-13)18-8-5-15(9-19(18)31-2)17-10-27-21(26)29-20(17)14-3-6-16(7-4-14)22(23,24)25/h3-12H,1-2H3,(H2,26,27,29). The Labute approximate surface area is 176 Å². The minimum atomic E-state index is -4.42. The van der Waals surface area contributed by atoms with Gasteiger partial charge in [0.2, 0.25) is 5.95 Å². The predicted octanol–water partition coefficient (Wildman–Crippen LogP) is 4.91. The monoisotopic (exact) mass is 425 g/mol. The fourth-order valence-corrected chi connectivity index (χ4v) is 3.26. The molecule has 0 fully saturated rings. The van der Waals surface area contributed by atoms with Gasteiger partial charge in [-0.2, -0.15) is 13.2 Å². The van der Waals surface area contributed by atoms with E-state index < -0.39 is 11.7 Å². The molecule has 9 heteroatoms. The quantitative estimate of drug-likeness (QED) is 0.502. The van der Waals surface area contributed by atoms with Crippen molar-refractivity contribution in [1.29, 1.82) is 0 Å². The molecule has 0 atom stereocenters. The van der Waals surface area contributed by atoms with E-state index in [0.29, 0.717) is 22.6 Å². The molecule has 0 aliphatic rings. The minimum Gasteiger partial charge on any atom is -0.495 e. The summed E-state index contributed by atoms with van der Waals surface area (Å²) in [5.41, 5.74) is 8.94. The van der Waals surface area contributed by atoms with Gasteiger partial charge in [0.25, 0.3) is 0 Å². The Kier molecular flexibility index (Phi) is 5.10. The number of alkyl halides is 3. The van der Waals surface area contributed by atoms with E-state index in [0.717, 1.165) is 29.1 Å². The van der Waals surface area contributed by atoms with Gasteiger partial charge in [-0.1, -0.05) is 18.2 Å². The molecule has 6 nitrogen and oxygen atoms in total. The maximum atomic E-state index is 12.9. The molecular weight excluding hydrogens is 407 g/mol. The maximum Gasteiger partial charge on any atom is 0.416 e. The van der Waals surface area contributed by atoms with Gasteiger partial charge in [-0.05, 0) is 36.8 Å². The molecule has 0 radical (unpaired) electrons. The summed E-state index contributed by atoms with van der Waals surface area (Å²) in [5.74, 6) is 0.612. The number of ether oxygens (including phenoxy) is 1. The Hall–Kier alpha value is -3.88. The fourth-order valence-electron chi connectivity index (χ4n) is 3.26. The SMILES string of the molecule is COc1cc(-c2cnc(N)nc2-c2ccc(C(F)(F)F)cc2)ccc1-n1cnc(C)c1. The van der Waals surface area contributed by atoms with Gasteiger partial charge in [-0.3, -0.25) is 0 Å². The number of benzene rings is 2. The zero-order valence-corrected chi connectivity index (χ0v) is 16.7. The first kappa shape index (κ1) is 20.4. The Morgan fingerprint density at radius 1 is 1.00 bits per heavy atom. The highest BCUT2D eigenvalue weighted by Crippen LogP contribution is 2.36. The second-order valence-corrected chi connectivity index (χ2v) is 6.87. The van der Waals surface area contributed by atoms with E-state index in [2.05, 4.69) is 15.0 Å². The zero-order chi connectivity index (χ0) is 22.2. The van der Waals surface area contributed by atoms with Crippen LogP contribution in [-0.2, 0) is 6.18 Å². The number of halogens is 3. The van der Waals surface area contributed by atoms with E-state index in [1.54, 1.807) is 19.6 Å². The van der Waals surface area contributed by atoms with Crippen LogP contribution in [0.4, 0.5) is 19.1 Å². The van der Waals surface area contributed by atoms with Gasteiger partial charge >= 0.3 is 6.18 Å². The minimum absolute atomic E-state index is 0.0242. The Balaban J connectivity index is 1.80. The van der Waals surface area contributed by atoms with Crippen LogP contribution in [0.1, 0.15) is 11.3 Å². The molecule has 4 aromatic rings. The molecule has 31 heavy (non-hydrogen) atoms. The maximum absolute atomic E-state index is 12.9. The average Bonchev–Trinajstić information content (AvgIpc) is 3.19. The van der Waals surface area contributed by atoms with Crippen LogP contribution in [0.25, 0.3) is 28.1 Å². The van der Waals surface area contributed by atoms with Gasteiger partial charge < -0.3 is 15.0 Å². The lowest BCUT2D eigenvalue weighted by atomic mass is 9.99. The van der Waals surface area contributed by atoms with Crippen molar-refractivity contribution in [2.24, 2.45) is 0 Å². The number of hydrogen-bond donors (Lipinski definition) is 1. The van der Waals surface area contributed by atoms with Crippen molar-refractivity contribution in [3.63, 3.8) is 0 Å². The first-order chi connectivity index (χ1) is 14.8. The van der Waals surface area contributed by atoms with Crippen molar-refractivity contribution in [1.82, 2.24) is 19.5 Å². The van der Waals surface area contributed by atoms with Crippen LogP contribution in [0, 0.1) is 6.92 Å². The molecule has 0 saturated heterocycles. The second kappa shape index (κ2) is 7.75. The highest BCUT2D eigenvalue weighted by atomic mass is 19.4. The predicted molar refractivity (Wildman–Crippen MR) is 111 cm³/mol. The van der Waals surface area contributed by atoms with Crippen LogP contribution in [0.3, 0.4) is 0 Å². The normalized spacial score (nSPS) is 11.5. The summed E-state index contributed by atoms with van der Waals surface area (Å²) in [4.78, 5) is 12.6. The molecule has 158 valence electrons. The summed E-state index contributed by atoms with van der Waals surface area (Å²) in [7, 11) is 1.56. The van der Waals surface area contributed by atoms with E-state index in [-0.39, 0.29) is 5.95 Å². The molecule has 0 bridgehead atoms. The summed E-state index contributed by atoms with van der Waals surface area (Å²) >= 11 is 0. The van der Waals surface area contributed by atoms with Crippen LogP contribution in [0.5, 0.6) is 5.75 Å². The Morgan fingerprint density at radius 3 is 2.32 bits per heavy atom. The van der Waals surface area contributed by atoms with E-state index in [9.17, 15) is 13.2 Å². The van der Waals surface area contributed by atoms with Crippen molar-refractivity contribution in [2.75, 3.05) is 12.8 Å². The van der Waals surface area contributed by atoms with Crippen LogP contribution in [0.2, 0.25) is 0 Å². The highest BCUT2D eigenvalue weighted by molar-refractivity contribution is 5.82. The van der Waals surface area contributed by atoms with Crippen molar-refractivity contribution < 1.29 is 17.9 Å². The number of anilines is 1. The van der Waals surface area contributed by atoms with Gasteiger partial charge in [0.05, 0.1) is 36.1 Å². The number of nitrogens with zero attached hydrogens (tertiary/aromatic N) is 4. The van der Waals surface area contributed by atoms with E-state index in [4.69, 9.17) is 10.5 Å². The lowest BCUT2D eigenvalue weighted by Gasteiger charge is -2.14. The van der Waals surface area contributed by atoms with Crippen molar-refractivity contribution >= 4 is 5.95 Å². The molecule has 0 aliphatic carbocycles. The van der Waals surface area contributed by atoms with Crippen LogP contribution >= 0.6 is 0 Å². The first-order valence-corrected chi connectivity index (χ1v) is 9.26. The lowest BCUT2D eigenvalue weighted by Crippen LogP contribution is -2.04. The lowest BCUT2D eigenvalue weighted by molar-refractivity contribution is -0.137. The number of nitrogens with two attached hydrogens (primary N) is 1. The van der Waals surface area contributed by atoms with Crippen LogP contribution < -0.4 is 10.5 Å². The molecule has 4 rings (SSSR count). The van der Waals surface area contributed by atoms with Crippen molar-refractivity contribution in [3.05, 3.63) is 72.4 Å². The van der Waals surface area contributed by atoms with E-state index in [1.165, 1.54) is 12.1 Å². The Bertz CT molecular complexity index is 1230. The van der Waals surface area contributed by atoms with Crippen molar-refractivity contribution in [2.45, 2.75) is 13.1 Å². The molecule has 2 aromatic carbocycles. The van der Waals surface area contributed by atoms with Gasteiger partial charge in [-0.25, -0.2) is 15.0 Å². The molecule has 0 unspecified atom stereocenters. The highest BCUT2D eigenvalue weighted by Gasteiger charge is 2.30. The number of methoxy groups -OCH3 is 1. The molecule has 2 N–H and O–H groups in total. The number of imidazole rings is 1. The van der Waals surface area contributed by atoms with Crippen LogP contribution in [-0.4, -0.2) is 26.6 Å². The molecule has 0 aliphatic heterocycles. The van der Waals surface area contributed by atoms with Gasteiger partial charge in [0.15, 0.2) is 0 Å². The molecule has 2 heterocycles. The molecule has 0 spiro atoms. The summed E-state index contributed by atoms with van der Waals surface area (Å²) in [6.07, 6.45) is 0.691. The molecule has 0 saturated carbocycles. The number of hydrogen-bond acceptors (Lipinski definition) is 5. The molecular formula is C22H18F3N5O.